The molecule has 2 aromatic carbocycles. The molecule has 0 saturated heterocycles. The van der Waals surface area contributed by atoms with Gasteiger partial charge in [0.15, 0.2) is 0 Å². The molecule has 1 heterocycles. The summed E-state index contributed by atoms with van der Waals surface area (Å²) in [5.74, 6) is 0. The predicted molar refractivity (Wildman–Crippen MR) is 76.8 cm³/mol. The summed E-state index contributed by atoms with van der Waals surface area (Å²) < 4.78 is 0. The van der Waals surface area contributed by atoms with Gasteiger partial charge in [0.2, 0.25) is 0 Å². The molecule has 0 bridgehead atoms. The summed E-state index contributed by atoms with van der Waals surface area (Å²) >= 11 is 0. The maximum Gasteiger partial charge on any atom is 0.0836 e. The Labute approximate surface area is 112 Å². The van der Waals surface area contributed by atoms with Crippen LogP contribution < -0.4 is 0 Å². The second-order valence-electron chi connectivity index (χ2n) is 4.62. The van der Waals surface area contributed by atoms with Gasteiger partial charge in [0, 0.05) is 18.0 Å². The van der Waals surface area contributed by atoms with Gasteiger partial charge in [-0.05, 0) is 23.3 Å². The normalized spacial score (nSPS) is 12.5. The summed E-state index contributed by atoms with van der Waals surface area (Å²) in [6.45, 7) is 0. The van der Waals surface area contributed by atoms with E-state index in [2.05, 4.69) is 4.98 Å². The lowest BCUT2D eigenvalue weighted by atomic mass is 9.98. The average molecular weight is 249 g/mol. The second-order valence-corrected chi connectivity index (χ2v) is 4.62. The second kappa shape index (κ2) is 5.21. The first-order valence-corrected chi connectivity index (χ1v) is 6.40. The Morgan fingerprint density at radius 3 is 2.58 bits per heavy atom. The Hall–Kier alpha value is -2.19. The maximum atomic E-state index is 10.4. The van der Waals surface area contributed by atoms with Gasteiger partial charge < -0.3 is 5.11 Å². The highest BCUT2D eigenvalue weighted by Gasteiger charge is 2.11. The average Bonchev–Trinajstić information content (AvgIpc) is 2.47. The van der Waals surface area contributed by atoms with Gasteiger partial charge >= 0.3 is 0 Å². The number of aliphatic hydroxyl groups is 1. The topological polar surface area (TPSA) is 33.1 Å². The molecule has 0 amide bonds. The summed E-state index contributed by atoms with van der Waals surface area (Å²) in [7, 11) is 0. The van der Waals surface area contributed by atoms with Crippen LogP contribution >= 0.6 is 0 Å². The van der Waals surface area contributed by atoms with Crippen molar-refractivity contribution in [2.45, 2.75) is 12.5 Å². The molecule has 1 atom stereocenters. The van der Waals surface area contributed by atoms with E-state index in [0.717, 1.165) is 22.0 Å². The van der Waals surface area contributed by atoms with E-state index in [1.54, 1.807) is 6.20 Å². The third kappa shape index (κ3) is 2.49. The fourth-order valence-corrected chi connectivity index (χ4v) is 2.37. The van der Waals surface area contributed by atoms with Gasteiger partial charge in [-0.25, -0.2) is 0 Å². The fraction of sp³-hybridized carbons (Fsp3) is 0.118. The minimum Gasteiger partial charge on any atom is -0.388 e. The number of pyridine rings is 1. The molecule has 1 aromatic heterocycles. The zero-order valence-corrected chi connectivity index (χ0v) is 10.5. The van der Waals surface area contributed by atoms with Crippen molar-refractivity contribution in [1.29, 1.82) is 0 Å². The largest absolute Gasteiger partial charge is 0.388 e. The Morgan fingerprint density at radius 2 is 1.74 bits per heavy atom. The smallest absolute Gasteiger partial charge is 0.0836 e. The van der Waals surface area contributed by atoms with Crippen molar-refractivity contribution in [3.05, 3.63) is 78.0 Å². The highest BCUT2D eigenvalue weighted by Crippen LogP contribution is 2.25. The van der Waals surface area contributed by atoms with E-state index in [1.165, 1.54) is 0 Å². The number of benzene rings is 2. The Kier molecular flexibility index (Phi) is 3.25. The Bertz CT molecular complexity index is 674. The van der Waals surface area contributed by atoms with Crippen molar-refractivity contribution in [3.63, 3.8) is 0 Å². The van der Waals surface area contributed by atoms with Crippen LogP contribution in [0.5, 0.6) is 0 Å². The SMILES string of the molecule is OC(Cc1ccccc1)c1cccc2ncccc12. The van der Waals surface area contributed by atoms with Crippen LogP contribution in [0.2, 0.25) is 0 Å². The molecule has 3 rings (SSSR count). The van der Waals surface area contributed by atoms with Crippen molar-refractivity contribution in [1.82, 2.24) is 4.98 Å². The van der Waals surface area contributed by atoms with Crippen molar-refractivity contribution in [2.75, 3.05) is 0 Å². The van der Waals surface area contributed by atoms with Gasteiger partial charge in [-0.3, -0.25) is 4.98 Å². The molecular weight excluding hydrogens is 234 g/mol. The van der Waals surface area contributed by atoms with Crippen LogP contribution in [0.4, 0.5) is 0 Å². The first-order valence-electron chi connectivity index (χ1n) is 6.40. The summed E-state index contributed by atoms with van der Waals surface area (Å²) in [5, 5.41) is 11.5. The molecule has 0 aliphatic heterocycles. The molecule has 1 unspecified atom stereocenters. The van der Waals surface area contributed by atoms with E-state index in [9.17, 15) is 5.11 Å². The molecule has 1 N–H and O–H groups in total. The number of aliphatic hydroxyl groups excluding tert-OH is 1. The minimum atomic E-state index is -0.504. The quantitative estimate of drug-likeness (QED) is 0.770. The van der Waals surface area contributed by atoms with Crippen LogP contribution in [0.3, 0.4) is 0 Å². The molecule has 0 spiro atoms. The van der Waals surface area contributed by atoms with Crippen molar-refractivity contribution in [2.24, 2.45) is 0 Å². The van der Waals surface area contributed by atoms with Crippen molar-refractivity contribution < 1.29 is 5.11 Å². The van der Waals surface area contributed by atoms with Crippen molar-refractivity contribution >= 4 is 10.9 Å². The fourth-order valence-electron chi connectivity index (χ4n) is 2.37. The van der Waals surface area contributed by atoms with Crippen LogP contribution in [-0.4, -0.2) is 10.1 Å². The van der Waals surface area contributed by atoms with Gasteiger partial charge in [0.25, 0.3) is 0 Å². The number of hydrogen-bond acceptors (Lipinski definition) is 2. The molecular formula is C17H15NO. The van der Waals surface area contributed by atoms with E-state index in [-0.39, 0.29) is 0 Å². The zero-order chi connectivity index (χ0) is 13.1. The predicted octanol–water partition coefficient (Wildman–Crippen LogP) is 3.51. The zero-order valence-electron chi connectivity index (χ0n) is 10.5. The lowest BCUT2D eigenvalue weighted by Crippen LogP contribution is -2.02. The molecule has 3 aromatic rings. The Balaban J connectivity index is 1.96. The lowest BCUT2D eigenvalue weighted by molar-refractivity contribution is 0.180. The monoisotopic (exact) mass is 249 g/mol. The van der Waals surface area contributed by atoms with E-state index in [1.807, 2.05) is 60.7 Å². The Morgan fingerprint density at radius 1 is 0.895 bits per heavy atom. The molecule has 0 aliphatic rings. The number of nitrogens with zero attached hydrogens (tertiary/aromatic N) is 1. The van der Waals surface area contributed by atoms with Crippen LogP contribution in [-0.2, 0) is 6.42 Å². The standard InChI is InChI=1S/C17H15NO/c19-17(12-13-6-2-1-3-7-13)15-8-4-10-16-14(15)9-5-11-18-16/h1-11,17,19H,12H2. The molecule has 0 saturated carbocycles. The summed E-state index contributed by atoms with van der Waals surface area (Å²) in [5.41, 5.74) is 3.00. The molecule has 19 heavy (non-hydrogen) atoms. The molecule has 0 radical (unpaired) electrons. The number of rotatable bonds is 3. The van der Waals surface area contributed by atoms with Gasteiger partial charge in [0.05, 0.1) is 11.6 Å². The van der Waals surface area contributed by atoms with E-state index < -0.39 is 6.10 Å². The van der Waals surface area contributed by atoms with Crippen LogP contribution in [0, 0.1) is 0 Å². The van der Waals surface area contributed by atoms with Gasteiger partial charge in [-0.1, -0.05) is 48.5 Å². The molecule has 0 aliphatic carbocycles. The third-order valence-corrected chi connectivity index (χ3v) is 3.31. The van der Waals surface area contributed by atoms with Crippen LogP contribution in [0.1, 0.15) is 17.2 Å². The molecule has 2 heteroatoms. The van der Waals surface area contributed by atoms with Crippen LogP contribution in [0.25, 0.3) is 10.9 Å². The minimum absolute atomic E-state index is 0.504. The lowest BCUT2D eigenvalue weighted by Gasteiger charge is -2.13. The van der Waals surface area contributed by atoms with Gasteiger partial charge in [-0.2, -0.15) is 0 Å². The highest BCUT2D eigenvalue weighted by molar-refractivity contribution is 5.82. The van der Waals surface area contributed by atoms with Crippen LogP contribution in [0.15, 0.2) is 66.9 Å². The first kappa shape index (κ1) is 11.9. The van der Waals surface area contributed by atoms with E-state index >= 15 is 0 Å². The number of aromatic nitrogens is 1. The number of fused-ring (bicyclic) bond motifs is 1. The summed E-state index contributed by atoms with van der Waals surface area (Å²) in [6.07, 6.45) is 1.89. The molecule has 94 valence electrons. The van der Waals surface area contributed by atoms with Gasteiger partial charge in [-0.15, -0.1) is 0 Å². The first-order chi connectivity index (χ1) is 9.34. The van der Waals surface area contributed by atoms with E-state index in [0.29, 0.717) is 6.42 Å². The number of hydrogen-bond donors (Lipinski definition) is 1. The molecule has 2 nitrogen and oxygen atoms in total. The van der Waals surface area contributed by atoms with Gasteiger partial charge in [0.1, 0.15) is 0 Å². The summed E-state index contributed by atoms with van der Waals surface area (Å²) in [4.78, 5) is 4.32. The maximum absolute atomic E-state index is 10.4. The third-order valence-electron chi connectivity index (χ3n) is 3.31. The molecule has 0 fully saturated rings. The highest BCUT2D eigenvalue weighted by atomic mass is 16.3. The summed E-state index contributed by atoms with van der Waals surface area (Å²) in [6, 6.07) is 19.8. The van der Waals surface area contributed by atoms with Crippen molar-refractivity contribution in [3.8, 4) is 0 Å². The van der Waals surface area contributed by atoms with E-state index in [4.69, 9.17) is 0 Å².